The first-order valence-electron chi connectivity index (χ1n) is 10.8. The molecule has 1 fully saturated rings. The number of pyridine rings is 1. The van der Waals surface area contributed by atoms with Crippen molar-refractivity contribution in [1.82, 2.24) is 19.9 Å². The molecule has 1 aromatic heterocycles. The number of alkyl halides is 2. The Labute approximate surface area is 195 Å². The predicted molar refractivity (Wildman–Crippen MR) is 118 cm³/mol. The van der Waals surface area contributed by atoms with E-state index in [1.165, 1.54) is 13.0 Å². The molecule has 1 aromatic carbocycles. The van der Waals surface area contributed by atoms with Crippen molar-refractivity contribution in [3.8, 4) is 11.6 Å². The lowest BCUT2D eigenvalue weighted by atomic mass is 9.97. The Morgan fingerprint density at radius 1 is 1.24 bits per heavy atom. The van der Waals surface area contributed by atoms with Crippen molar-refractivity contribution in [3.63, 3.8) is 0 Å². The second-order valence-electron chi connectivity index (χ2n) is 8.53. The third-order valence-corrected chi connectivity index (χ3v) is 7.47. The van der Waals surface area contributed by atoms with E-state index in [-0.39, 0.29) is 30.2 Å². The van der Waals surface area contributed by atoms with Crippen molar-refractivity contribution in [1.29, 1.82) is 0 Å². The summed E-state index contributed by atoms with van der Waals surface area (Å²) in [5, 5.41) is 2.55. The van der Waals surface area contributed by atoms with Gasteiger partial charge in [0.05, 0.1) is 30.6 Å². The third kappa shape index (κ3) is 4.56. The van der Waals surface area contributed by atoms with E-state index in [4.69, 9.17) is 4.74 Å². The number of halogens is 3. The molecule has 0 spiro atoms. The summed E-state index contributed by atoms with van der Waals surface area (Å²) < 4.78 is 77.8. The number of nitrogens with zero attached hydrogens (tertiary/aromatic N) is 2. The van der Waals surface area contributed by atoms with Gasteiger partial charge in [-0.1, -0.05) is 18.2 Å². The average Bonchev–Trinajstić information content (AvgIpc) is 3.02. The summed E-state index contributed by atoms with van der Waals surface area (Å²) in [5.41, 5.74) is 1.50. The number of aryl methyl sites for hydroxylation is 2. The van der Waals surface area contributed by atoms with Crippen LogP contribution in [0, 0.1) is 19.7 Å². The molecule has 2 atom stereocenters. The fourth-order valence-corrected chi connectivity index (χ4v) is 5.00. The topological polar surface area (TPSA) is 101 Å². The quantitative estimate of drug-likeness (QED) is 0.678. The van der Waals surface area contributed by atoms with Crippen LogP contribution in [0.4, 0.5) is 18.0 Å². The first-order valence-corrected chi connectivity index (χ1v) is 12.4. The van der Waals surface area contributed by atoms with Gasteiger partial charge in [0.25, 0.3) is 5.92 Å². The number of fused-ring (bicyclic) bond motifs is 5. The van der Waals surface area contributed by atoms with E-state index in [2.05, 4.69) is 10.3 Å². The Balaban J connectivity index is 1.84. The average molecular weight is 499 g/mol. The molecule has 2 aromatic rings. The Morgan fingerprint density at radius 2 is 1.94 bits per heavy atom. The van der Waals surface area contributed by atoms with Crippen LogP contribution in [-0.2, 0) is 23.0 Å². The third-order valence-electron chi connectivity index (χ3n) is 6.10. The molecule has 2 aliphatic heterocycles. The van der Waals surface area contributed by atoms with E-state index >= 15 is 13.2 Å². The summed E-state index contributed by atoms with van der Waals surface area (Å²) in [7, 11) is -4.04. The number of sulfonamides is 1. The smallest absolute Gasteiger partial charge is 0.318 e. The first kappa shape index (κ1) is 24.3. The number of rotatable bonds is 3. The van der Waals surface area contributed by atoms with Gasteiger partial charge in [-0.05, 0) is 44.4 Å². The number of carbonyl (C=O) groups is 1. The van der Waals surface area contributed by atoms with Crippen molar-refractivity contribution >= 4 is 16.1 Å². The van der Waals surface area contributed by atoms with Crippen molar-refractivity contribution < 1.29 is 31.1 Å². The number of ether oxygens (including phenoxy) is 1. The van der Waals surface area contributed by atoms with Crippen molar-refractivity contribution in [3.05, 3.63) is 52.5 Å². The summed E-state index contributed by atoms with van der Waals surface area (Å²) in [4.78, 5) is 18.1. The number of aromatic nitrogens is 1. The van der Waals surface area contributed by atoms with Gasteiger partial charge in [-0.25, -0.2) is 36.1 Å². The van der Waals surface area contributed by atoms with Crippen LogP contribution in [0.2, 0.25) is 0 Å². The van der Waals surface area contributed by atoms with E-state index in [0.29, 0.717) is 16.8 Å². The molecular formula is C22H25F3N4O4S. The van der Waals surface area contributed by atoms with Gasteiger partial charge in [0.1, 0.15) is 6.04 Å². The molecular weight excluding hydrogens is 473 g/mol. The van der Waals surface area contributed by atoms with Gasteiger partial charge in [-0.2, -0.15) is 0 Å². The van der Waals surface area contributed by atoms with Crippen LogP contribution in [0.15, 0.2) is 24.3 Å². The maximum Gasteiger partial charge on any atom is 0.318 e. The lowest BCUT2D eigenvalue weighted by molar-refractivity contribution is -0.00456. The maximum absolute atomic E-state index is 15.6. The van der Waals surface area contributed by atoms with E-state index in [1.54, 1.807) is 32.0 Å². The highest BCUT2D eigenvalue weighted by molar-refractivity contribution is 7.89. The molecule has 0 unspecified atom stereocenters. The SMILES string of the molecule is CCS(=O)(=O)N[C@@H]1[C@@H]2Cc3ccc(C)c(c3F)Oc3nc(ccc3C)CNC(=O)N2CC1(F)F. The standard InChI is InChI=1S/C22H25F3N4O4S/c1-4-34(31,32)28-19-16-9-14-7-5-12(2)18(17(14)23)33-20-13(3)6-8-15(27-20)10-26-21(30)29(16)11-22(19,24)25/h5-8,16,19,28H,4,9-11H2,1-3H3,(H,26,30)/t16-,19+/m0/s1. The van der Waals surface area contributed by atoms with E-state index < -0.39 is 52.2 Å². The molecule has 4 bridgehead atoms. The maximum atomic E-state index is 15.6. The second kappa shape index (κ2) is 8.73. The molecule has 184 valence electrons. The number of urea groups is 1. The lowest BCUT2D eigenvalue weighted by Gasteiger charge is -2.28. The van der Waals surface area contributed by atoms with Crippen LogP contribution in [-0.4, -0.2) is 54.6 Å². The van der Waals surface area contributed by atoms with Gasteiger partial charge < -0.3 is 15.0 Å². The van der Waals surface area contributed by atoms with Gasteiger partial charge in [-0.15, -0.1) is 0 Å². The van der Waals surface area contributed by atoms with E-state index in [1.807, 2.05) is 4.72 Å². The summed E-state index contributed by atoms with van der Waals surface area (Å²) in [6.07, 6.45) is -0.355. The molecule has 4 rings (SSSR count). The van der Waals surface area contributed by atoms with Gasteiger partial charge >= 0.3 is 6.03 Å². The Morgan fingerprint density at radius 3 is 2.65 bits per heavy atom. The number of nitrogens with one attached hydrogen (secondary N) is 2. The summed E-state index contributed by atoms with van der Waals surface area (Å²) in [6, 6.07) is 2.22. The number of hydrogen-bond donors (Lipinski definition) is 2. The molecule has 0 aliphatic carbocycles. The summed E-state index contributed by atoms with van der Waals surface area (Å²) in [6.45, 7) is 3.58. The fraction of sp³-hybridized carbons (Fsp3) is 0.455. The van der Waals surface area contributed by atoms with E-state index in [0.717, 1.165) is 4.90 Å². The molecule has 8 nitrogen and oxygen atoms in total. The molecule has 2 N–H and O–H groups in total. The summed E-state index contributed by atoms with van der Waals surface area (Å²) >= 11 is 0. The highest BCUT2D eigenvalue weighted by atomic mass is 32.2. The Hall–Kier alpha value is -2.86. The van der Waals surface area contributed by atoms with Gasteiger partial charge in [0.2, 0.25) is 15.9 Å². The Kier molecular flexibility index (Phi) is 6.23. The predicted octanol–water partition coefficient (Wildman–Crippen LogP) is 3.02. The number of amides is 2. The largest absolute Gasteiger partial charge is 0.435 e. The monoisotopic (exact) mass is 498 g/mol. The van der Waals surface area contributed by atoms with Crippen molar-refractivity contribution in [2.75, 3.05) is 12.3 Å². The minimum atomic E-state index is -4.04. The number of carbonyl (C=O) groups excluding carboxylic acids is 1. The minimum absolute atomic E-state index is 0.00912. The van der Waals surface area contributed by atoms with Crippen LogP contribution in [0.5, 0.6) is 11.6 Å². The molecule has 12 heteroatoms. The number of hydrogen-bond acceptors (Lipinski definition) is 5. The highest BCUT2D eigenvalue weighted by Crippen LogP contribution is 2.37. The zero-order valence-electron chi connectivity index (χ0n) is 18.9. The minimum Gasteiger partial charge on any atom is -0.435 e. The fourth-order valence-electron chi connectivity index (χ4n) is 4.11. The highest BCUT2D eigenvalue weighted by Gasteiger charge is 2.57. The van der Waals surface area contributed by atoms with E-state index in [9.17, 15) is 13.2 Å². The second-order valence-corrected chi connectivity index (χ2v) is 10.6. The van der Waals surface area contributed by atoms with Crippen LogP contribution >= 0.6 is 0 Å². The van der Waals surface area contributed by atoms with Crippen LogP contribution in [0.1, 0.15) is 29.3 Å². The van der Waals surface area contributed by atoms with Crippen LogP contribution < -0.4 is 14.8 Å². The molecule has 1 saturated heterocycles. The first-order chi connectivity index (χ1) is 15.9. The zero-order valence-corrected chi connectivity index (χ0v) is 19.7. The van der Waals surface area contributed by atoms with Gasteiger partial charge in [-0.3, -0.25) is 0 Å². The number of benzene rings is 1. The lowest BCUT2D eigenvalue weighted by Crippen LogP contribution is -2.53. The normalized spacial score (nSPS) is 22.1. The van der Waals surface area contributed by atoms with Gasteiger partial charge in [0.15, 0.2) is 11.6 Å². The molecule has 2 aliphatic rings. The molecule has 0 radical (unpaired) electrons. The van der Waals surface area contributed by atoms with Crippen molar-refractivity contribution in [2.24, 2.45) is 0 Å². The van der Waals surface area contributed by atoms with Crippen LogP contribution in [0.3, 0.4) is 0 Å². The zero-order chi connectivity index (χ0) is 24.8. The molecule has 3 heterocycles. The van der Waals surface area contributed by atoms with Gasteiger partial charge in [0, 0.05) is 5.56 Å². The molecule has 2 amide bonds. The Bertz CT molecular complexity index is 1240. The molecule has 34 heavy (non-hydrogen) atoms. The molecule has 0 saturated carbocycles. The summed E-state index contributed by atoms with van der Waals surface area (Å²) in [5.74, 6) is -4.72. The van der Waals surface area contributed by atoms with Crippen molar-refractivity contribution in [2.45, 2.75) is 51.7 Å². The van der Waals surface area contributed by atoms with Crippen LogP contribution in [0.25, 0.3) is 0 Å².